The Morgan fingerprint density at radius 3 is 2.12 bits per heavy atom. The van der Waals surface area contributed by atoms with Gasteiger partial charge in [-0.3, -0.25) is 0 Å². The summed E-state index contributed by atoms with van der Waals surface area (Å²) in [6, 6.07) is 18.7. The number of hydrogen-bond donors (Lipinski definition) is 0. The molecule has 0 nitrogen and oxygen atoms in total. The van der Waals surface area contributed by atoms with Crippen LogP contribution in [0.3, 0.4) is 0 Å². The Bertz CT molecular complexity index is 632. The molecule has 0 saturated heterocycles. The van der Waals surface area contributed by atoms with Crippen molar-refractivity contribution in [2.24, 2.45) is 0 Å². The number of benzene rings is 2. The standard InChI is InChI=1S/C16H14.C8H16.H2/c1-3-16(14-7-5-4-6-8-14)15-11-9-13(2)10-12-15;1-3-5-7-8-6-4-2;/h4-12H,1H2,2H3;3H,1,4-8H2,2H3;1H. The normalized spacial score (nSPS) is 9.42. The van der Waals surface area contributed by atoms with Gasteiger partial charge in [0.05, 0.1) is 0 Å². The van der Waals surface area contributed by atoms with Crippen LogP contribution in [0.15, 0.2) is 79.6 Å². The lowest BCUT2D eigenvalue weighted by Gasteiger charge is -2.05. The minimum absolute atomic E-state index is 0. The first-order chi connectivity index (χ1) is 11.7. The Balaban J connectivity index is 0.000000552. The van der Waals surface area contributed by atoms with Crippen LogP contribution in [0.2, 0.25) is 0 Å². The molecule has 0 radical (unpaired) electrons. The SMILES string of the molecule is C=C=C(c1ccccc1)c1ccc(C)cc1.C=CCCCCCC.[HH]. The minimum atomic E-state index is 0. The number of rotatable bonds is 7. The third-order valence-electron chi connectivity index (χ3n) is 3.84. The Morgan fingerprint density at radius 2 is 1.58 bits per heavy atom. The first-order valence-electron chi connectivity index (χ1n) is 8.86. The summed E-state index contributed by atoms with van der Waals surface area (Å²) in [5, 5.41) is 0. The van der Waals surface area contributed by atoms with Gasteiger partial charge in [-0.2, -0.15) is 0 Å². The summed E-state index contributed by atoms with van der Waals surface area (Å²) >= 11 is 0. The molecule has 0 amide bonds. The summed E-state index contributed by atoms with van der Waals surface area (Å²) in [7, 11) is 0. The van der Waals surface area contributed by atoms with Crippen LogP contribution < -0.4 is 0 Å². The van der Waals surface area contributed by atoms with Crippen molar-refractivity contribution in [2.75, 3.05) is 0 Å². The monoisotopic (exact) mass is 320 g/mol. The molecule has 0 atom stereocenters. The zero-order chi connectivity index (χ0) is 17.6. The van der Waals surface area contributed by atoms with Crippen molar-refractivity contribution in [1.29, 1.82) is 0 Å². The average Bonchev–Trinajstić information content (AvgIpc) is 2.63. The van der Waals surface area contributed by atoms with Crippen LogP contribution in [0.1, 0.15) is 57.1 Å². The van der Waals surface area contributed by atoms with E-state index in [9.17, 15) is 0 Å². The van der Waals surface area contributed by atoms with Gasteiger partial charge in [-0.15, -0.1) is 12.3 Å². The predicted molar refractivity (Wildman–Crippen MR) is 110 cm³/mol. The smallest absolute Gasteiger partial charge is 0.0303 e. The van der Waals surface area contributed by atoms with Gasteiger partial charge in [0.1, 0.15) is 0 Å². The maximum Gasteiger partial charge on any atom is 0.0303 e. The molecule has 0 saturated carbocycles. The van der Waals surface area contributed by atoms with Crippen molar-refractivity contribution in [2.45, 2.75) is 46.0 Å². The zero-order valence-electron chi connectivity index (χ0n) is 15.2. The highest BCUT2D eigenvalue weighted by Crippen LogP contribution is 2.22. The Kier molecular flexibility index (Phi) is 10.0. The van der Waals surface area contributed by atoms with Gasteiger partial charge in [0.2, 0.25) is 0 Å². The Morgan fingerprint density at radius 1 is 0.958 bits per heavy atom. The molecule has 0 bridgehead atoms. The third kappa shape index (κ3) is 7.31. The highest BCUT2D eigenvalue weighted by molar-refractivity contribution is 5.79. The number of hydrogen-bond acceptors (Lipinski definition) is 0. The van der Waals surface area contributed by atoms with E-state index in [1.165, 1.54) is 37.7 Å². The summed E-state index contributed by atoms with van der Waals surface area (Å²) in [5.41, 5.74) is 7.65. The van der Waals surface area contributed by atoms with Crippen molar-refractivity contribution in [1.82, 2.24) is 0 Å². The second kappa shape index (κ2) is 12.2. The lowest BCUT2D eigenvalue weighted by molar-refractivity contribution is 0.675. The molecule has 0 unspecified atom stereocenters. The van der Waals surface area contributed by atoms with Crippen molar-refractivity contribution in [3.63, 3.8) is 0 Å². The molecular weight excluding hydrogens is 288 g/mol. The van der Waals surface area contributed by atoms with Gasteiger partial charge < -0.3 is 0 Å². The molecule has 0 aliphatic rings. The second-order valence-electron chi connectivity index (χ2n) is 5.92. The molecule has 0 heteroatoms. The Labute approximate surface area is 149 Å². The maximum atomic E-state index is 3.77. The molecule has 2 rings (SSSR count). The number of allylic oxidation sites excluding steroid dienone is 1. The fraction of sp³-hybridized carbons (Fsp3) is 0.292. The topological polar surface area (TPSA) is 0 Å². The fourth-order valence-electron chi connectivity index (χ4n) is 2.41. The van der Waals surface area contributed by atoms with Gasteiger partial charge in [-0.1, -0.05) is 99.0 Å². The van der Waals surface area contributed by atoms with Gasteiger partial charge in [0.25, 0.3) is 0 Å². The summed E-state index contributed by atoms with van der Waals surface area (Å²) in [5.74, 6) is 0. The summed E-state index contributed by atoms with van der Waals surface area (Å²) in [6.45, 7) is 11.7. The van der Waals surface area contributed by atoms with Gasteiger partial charge >= 0.3 is 0 Å². The van der Waals surface area contributed by atoms with Crippen LogP contribution in [0.4, 0.5) is 0 Å². The van der Waals surface area contributed by atoms with Crippen LogP contribution in [0.5, 0.6) is 0 Å². The van der Waals surface area contributed by atoms with Gasteiger partial charge in [-0.05, 0) is 30.9 Å². The lowest BCUT2D eigenvalue weighted by atomic mass is 9.98. The number of aryl methyl sites for hydroxylation is 1. The zero-order valence-corrected chi connectivity index (χ0v) is 15.2. The highest BCUT2D eigenvalue weighted by atomic mass is 14.1. The van der Waals surface area contributed by atoms with Crippen LogP contribution >= 0.6 is 0 Å². The largest absolute Gasteiger partial charge is 0.119 e. The van der Waals surface area contributed by atoms with E-state index in [0.717, 1.165) is 16.7 Å². The average molecular weight is 321 g/mol. The van der Waals surface area contributed by atoms with E-state index in [2.05, 4.69) is 69.1 Å². The summed E-state index contributed by atoms with van der Waals surface area (Å²) in [6.07, 6.45) is 8.61. The summed E-state index contributed by atoms with van der Waals surface area (Å²) < 4.78 is 0. The van der Waals surface area contributed by atoms with E-state index < -0.39 is 0 Å². The van der Waals surface area contributed by atoms with Crippen molar-refractivity contribution in [3.8, 4) is 0 Å². The first kappa shape index (κ1) is 19.7. The van der Waals surface area contributed by atoms with Gasteiger partial charge in [0, 0.05) is 7.00 Å². The van der Waals surface area contributed by atoms with Crippen LogP contribution in [0.25, 0.3) is 5.57 Å². The quantitative estimate of drug-likeness (QED) is 0.280. The summed E-state index contributed by atoms with van der Waals surface area (Å²) in [4.78, 5) is 0. The molecular formula is C24H32. The molecule has 0 aliphatic heterocycles. The molecule has 0 fully saturated rings. The molecule has 2 aromatic carbocycles. The van der Waals surface area contributed by atoms with E-state index in [4.69, 9.17) is 0 Å². The van der Waals surface area contributed by atoms with Gasteiger partial charge in [-0.25, -0.2) is 0 Å². The molecule has 0 aromatic heterocycles. The molecule has 0 heterocycles. The third-order valence-corrected chi connectivity index (χ3v) is 3.84. The van der Waals surface area contributed by atoms with E-state index in [1.54, 1.807) is 0 Å². The van der Waals surface area contributed by atoms with Gasteiger partial charge in [0.15, 0.2) is 0 Å². The molecule has 2 aromatic rings. The molecule has 0 aliphatic carbocycles. The predicted octanol–water partition coefficient (Wildman–Crippen LogP) is 7.60. The second-order valence-corrected chi connectivity index (χ2v) is 5.92. The highest BCUT2D eigenvalue weighted by Gasteiger charge is 2.02. The maximum absolute atomic E-state index is 3.77. The van der Waals surface area contributed by atoms with E-state index in [-0.39, 0.29) is 1.43 Å². The van der Waals surface area contributed by atoms with E-state index >= 15 is 0 Å². The first-order valence-corrected chi connectivity index (χ1v) is 8.86. The van der Waals surface area contributed by atoms with Crippen LogP contribution in [-0.2, 0) is 0 Å². The Hall–Kier alpha value is -2.30. The molecule has 0 spiro atoms. The molecule has 128 valence electrons. The van der Waals surface area contributed by atoms with Crippen molar-refractivity contribution in [3.05, 3.63) is 96.3 Å². The number of unbranched alkanes of at least 4 members (excludes halogenated alkanes) is 4. The van der Waals surface area contributed by atoms with Crippen molar-refractivity contribution >= 4 is 5.57 Å². The fourth-order valence-corrected chi connectivity index (χ4v) is 2.41. The minimum Gasteiger partial charge on any atom is -0.119 e. The van der Waals surface area contributed by atoms with Crippen LogP contribution in [0, 0.1) is 6.92 Å². The van der Waals surface area contributed by atoms with E-state index in [1.807, 2.05) is 24.3 Å². The molecule has 24 heavy (non-hydrogen) atoms. The van der Waals surface area contributed by atoms with Crippen molar-refractivity contribution < 1.29 is 1.43 Å². The molecule has 0 N–H and O–H groups in total. The lowest BCUT2D eigenvalue weighted by Crippen LogP contribution is -1.86. The van der Waals surface area contributed by atoms with Crippen LogP contribution in [-0.4, -0.2) is 0 Å². The van der Waals surface area contributed by atoms with E-state index in [0.29, 0.717) is 0 Å².